The minimum Gasteiger partial charge on any atom is -0.513 e. The number of nitriles is 2. The van der Waals surface area contributed by atoms with E-state index in [2.05, 4.69) is 0 Å². The molecule has 1 aliphatic rings. The van der Waals surface area contributed by atoms with Gasteiger partial charge in [0.05, 0.1) is 11.1 Å². The molecule has 0 radical (unpaired) electrons. The molecule has 80 valence electrons. The molecular formula is C8H5B3N2O4. The Labute approximate surface area is 99.4 Å². The van der Waals surface area contributed by atoms with E-state index in [1.165, 1.54) is 12.1 Å². The molecular weight excluding hydrogens is 221 g/mol. The van der Waals surface area contributed by atoms with E-state index in [1.807, 2.05) is 12.1 Å². The minimum atomic E-state index is -0.858. The van der Waals surface area contributed by atoms with Crippen molar-refractivity contribution in [3.8, 4) is 17.9 Å². The van der Waals surface area contributed by atoms with Crippen molar-refractivity contribution in [2.75, 3.05) is 0 Å². The third-order valence-electron chi connectivity index (χ3n) is 2.04. The summed E-state index contributed by atoms with van der Waals surface area (Å²) in [6.07, 6.45) is 0. The monoisotopic (exact) mass is 226 g/mol. The fourth-order valence-corrected chi connectivity index (χ4v) is 1.26. The Morgan fingerprint density at radius 2 is 1.82 bits per heavy atom. The molecule has 1 aromatic rings. The highest BCUT2D eigenvalue weighted by Crippen LogP contribution is 2.18. The fourth-order valence-electron chi connectivity index (χ4n) is 1.26. The van der Waals surface area contributed by atoms with Crippen LogP contribution < -0.4 is 4.65 Å². The van der Waals surface area contributed by atoms with Crippen LogP contribution in [0.5, 0.6) is 5.75 Å². The van der Waals surface area contributed by atoms with Gasteiger partial charge in [-0.25, -0.2) is 0 Å². The SMILES string of the molecule is N#Cc1ccc(OB2OBOBO2)cc1C#N. The molecule has 0 saturated carbocycles. The van der Waals surface area contributed by atoms with Gasteiger partial charge in [-0.1, -0.05) is 0 Å². The van der Waals surface area contributed by atoms with Crippen LogP contribution in [0.1, 0.15) is 11.1 Å². The molecule has 1 saturated heterocycles. The molecule has 0 amide bonds. The summed E-state index contributed by atoms with van der Waals surface area (Å²) in [4.78, 5) is 0. The van der Waals surface area contributed by atoms with Gasteiger partial charge in [0.15, 0.2) is 0 Å². The van der Waals surface area contributed by atoms with Crippen LogP contribution in [0.15, 0.2) is 18.2 Å². The zero-order chi connectivity index (χ0) is 12.1. The van der Waals surface area contributed by atoms with Crippen LogP contribution >= 0.6 is 0 Å². The second kappa shape index (κ2) is 5.42. The lowest BCUT2D eigenvalue weighted by Gasteiger charge is -2.18. The standard InChI is InChI=1S/C8H5B3N2O4/c12-4-6-1-2-8(3-7(6)5-13)14-11-16-9-15-10-17-11/h1-3,9-10H. The quantitative estimate of drug-likeness (QED) is 0.625. The van der Waals surface area contributed by atoms with E-state index >= 15 is 0 Å². The molecule has 0 aliphatic carbocycles. The number of hydrogen-bond acceptors (Lipinski definition) is 6. The van der Waals surface area contributed by atoms with Gasteiger partial charge in [-0.05, 0) is 18.2 Å². The molecule has 1 aliphatic heterocycles. The molecule has 0 spiro atoms. The molecule has 1 aromatic carbocycles. The zero-order valence-corrected chi connectivity index (χ0v) is 8.75. The third kappa shape index (κ3) is 2.80. The van der Waals surface area contributed by atoms with Gasteiger partial charge in [-0.2, -0.15) is 10.5 Å². The molecule has 6 nitrogen and oxygen atoms in total. The number of rotatable bonds is 2. The highest BCUT2D eigenvalue weighted by atomic mass is 16.8. The maximum Gasteiger partial charge on any atom is 0.684 e. The van der Waals surface area contributed by atoms with Gasteiger partial charge in [0, 0.05) is 0 Å². The van der Waals surface area contributed by atoms with E-state index in [0.29, 0.717) is 11.3 Å². The smallest absolute Gasteiger partial charge is 0.513 e. The van der Waals surface area contributed by atoms with Crippen LogP contribution in [0.2, 0.25) is 0 Å². The maximum atomic E-state index is 8.84. The lowest BCUT2D eigenvalue weighted by Crippen LogP contribution is -2.39. The molecule has 0 aromatic heterocycles. The van der Waals surface area contributed by atoms with Gasteiger partial charge in [-0.3, -0.25) is 0 Å². The second-order valence-electron chi connectivity index (χ2n) is 3.11. The molecule has 0 unspecified atom stereocenters. The molecule has 0 N–H and O–H groups in total. The summed E-state index contributed by atoms with van der Waals surface area (Å²) < 4.78 is 20.1. The molecule has 1 heterocycles. The van der Waals surface area contributed by atoms with E-state index in [1.54, 1.807) is 6.07 Å². The van der Waals surface area contributed by atoms with Gasteiger partial charge in [0.1, 0.15) is 17.9 Å². The first-order valence-electron chi connectivity index (χ1n) is 4.75. The average Bonchev–Trinajstić information content (AvgIpc) is 2.40. The van der Waals surface area contributed by atoms with Crippen LogP contribution in [0.3, 0.4) is 0 Å². The van der Waals surface area contributed by atoms with Crippen LogP contribution in [0.25, 0.3) is 0 Å². The first-order chi connectivity index (χ1) is 8.33. The molecule has 2 rings (SSSR count). The second-order valence-corrected chi connectivity index (χ2v) is 3.11. The van der Waals surface area contributed by atoms with Gasteiger partial charge in [0.25, 0.3) is 0 Å². The van der Waals surface area contributed by atoms with Gasteiger partial charge >= 0.3 is 22.7 Å². The van der Waals surface area contributed by atoms with Crippen LogP contribution in [0.4, 0.5) is 0 Å². The van der Waals surface area contributed by atoms with Crippen molar-refractivity contribution >= 4 is 22.7 Å². The Morgan fingerprint density at radius 1 is 1.12 bits per heavy atom. The number of nitrogens with zero attached hydrogens (tertiary/aromatic N) is 2. The van der Waals surface area contributed by atoms with Crippen molar-refractivity contribution in [3.05, 3.63) is 29.3 Å². The number of benzene rings is 1. The third-order valence-corrected chi connectivity index (χ3v) is 2.04. The van der Waals surface area contributed by atoms with Crippen molar-refractivity contribution in [2.24, 2.45) is 0 Å². The summed E-state index contributed by atoms with van der Waals surface area (Å²) in [5.74, 6) is 0.396. The van der Waals surface area contributed by atoms with Crippen LogP contribution in [-0.4, -0.2) is 22.7 Å². The molecule has 9 heteroatoms. The van der Waals surface area contributed by atoms with Gasteiger partial charge < -0.3 is 18.4 Å². The van der Waals surface area contributed by atoms with Gasteiger partial charge in [-0.15, -0.1) is 0 Å². The topological polar surface area (TPSA) is 84.5 Å². The number of hydrogen-bond donors (Lipinski definition) is 0. The van der Waals surface area contributed by atoms with Crippen molar-refractivity contribution in [3.63, 3.8) is 0 Å². The summed E-state index contributed by atoms with van der Waals surface area (Å²) in [6, 6.07) is 8.37. The Morgan fingerprint density at radius 3 is 2.47 bits per heavy atom. The predicted octanol–water partition coefficient (Wildman–Crippen LogP) is -0.610. The largest absolute Gasteiger partial charge is 0.684 e. The van der Waals surface area contributed by atoms with Crippen molar-refractivity contribution < 1.29 is 18.4 Å². The normalized spacial score (nSPS) is 13.9. The van der Waals surface area contributed by atoms with E-state index in [9.17, 15) is 0 Å². The average molecular weight is 226 g/mol. The first kappa shape index (κ1) is 11.6. The lowest BCUT2D eigenvalue weighted by molar-refractivity contribution is 0.250. The predicted molar refractivity (Wildman–Crippen MR) is 59.8 cm³/mol. The highest BCUT2D eigenvalue weighted by molar-refractivity contribution is 6.57. The fraction of sp³-hybridized carbons (Fsp3) is 0. The Kier molecular flexibility index (Phi) is 3.68. The summed E-state index contributed by atoms with van der Waals surface area (Å²) in [5, 5.41) is 17.6. The van der Waals surface area contributed by atoms with E-state index in [0.717, 1.165) is 0 Å². The van der Waals surface area contributed by atoms with Crippen molar-refractivity contribution in [1.29, 1.82) is 10.5 Å². The zero-order valence-electron chi connectivity index (χ0n) is 8.75. The minimum absolute atomic E-state index is 0.0893. The molecule has 0 bridgehead atoms. The Bertz CT molecular complexity index is 493. The Balaban J connectivity index is 2.12. The Hall–Kier alpha value is -1.93. The summed E-state index contributed by atoms with van der Waals surface area (Å²) in [5.41, 5.74) is 0.547. The van der Waals surface area contributed by atoms with E-state index in [-0.39, 0.29) is 20.9 Å². The van der Waals surface area contributed by atoms with Crippen LogP contribution in [-0.2, 0) is 13.7 Å². The van der Waals surface area contributed by atoms with E-state index < -0.39 is 7.32 Å². The first-order valence-corrected chi connectivity index (χ1v) is 4.75. The summed E-state index contributed by atoms with van der Waals surface area (Å²) in [7, 11) is -0.679. The molecule has 1 fully saturated rings. The van der Waals surface area contributed by atoms with Gasteiger partial charge in [0.2, 0.25) is 0 Å². The molecule has 0 atom stereocenters. The van der Waals surface area contributed by atoms with E-state index in [4.69, 9.17) is 28.9 Å². The highest BCUT2D eigenvalue weighted by Gasteiger charge is 2.28. The lowest BCUT2D eigenvalue weighted by atomic mass is 10.0. The van der Waals surface area contributed by atoms with Crippen molar-refractivity contribution in [2.45, 2.75) is 0 Å². The molecule has 17 heavy (non-hydrogen) atoms. The van der Waals surface area contributed by atoms with Crippen LogP contribution in [0, 0.1) is 22.7 Å². The maximum absolute atomic E-state index is 8.84. The summed E-state index contributed by atoms with van der Waals surface area (Å²) >= 11 is 0. The van der Waals surface area contributed by atoms with Crippen molar-refractivity contribution in [1.82, 2.24) is 0 Å². The summed E-state index contributed by atoms with van der Waals surface area (Å²) in [6.45, 7) is 0.